The summed E-state index contributed by atoms with van der Waals surface area (Å²) in [5.74, 6) is 2.67. The van der Waals surface area contributed by atoms with Crippen molar-refractivity contribution in [3.63, 3.8) is 0 Å². The van der Waals surface area contributed by atoms with Crippen LogP contribution < -0.4 is 20.3 Å². The molecule has 0 saturated heterocycles. The van der Waals surface area contributed by atoms with Crippen LogP contribution in [-0.4, -0.2) is 56.6 Å². The van der Waals surface area contributed by atoms with Crippen LogP contribution in [0.1, 0.15) is 5.82 Å². The monoisotopic (exact) mass is 445 g/mol. The zero-order valence-electron chi connectivity index (χ0n) is 18.4. The predicted molar refractivity (Wildman–Crippen MR) is 124 cm³/mol. The lowest BCUT2D eigenvalue weighted by molar-refractivity contribution is -0.118. The first-order valence-corrected chi connectivity index (χ1v) is 10.1. The summed E-state index contributed by atoms with van der Waals surface area (Å²) in [6.45, 7) is 1.65. The van der Waals surface area contributed by atoms with E-state index in [4.69, 9.17) is 4.74 Å². The first kappa shape index (κ1) is 21.7. The zero-order valence-corrected chi connectivity index (χ0v) is 18.4. The summed E-state index contributed by atoms with van der Waals surface area (Å²) >= 11 is 0. The second-order valence-electron chi connectivity index (χ2n) is 7.27. The second-order valence-corrected chi connectivity index (χ2v) is 7.27. The molecule has 3 aromatic heterocycles. The summed E-state index contributed by atoms with van der Waals surface area (Å²) in [5.41, 5.74) is 1.47. The first-order valence-electron chi connectivity index (χ1n) is 10.1. The van der Waals surface area contributed by atoms with Crippen LogP contribution in [0.25, 0.3) is 5.82 Å². The molecule has 0 aliphatic carbocycles. The maximum absolute atomic E-state index is 12.2. The van der Waals surface area contributed by atoms with Crippen molar-refractivity contribution in [1.29, 1.82) is 0 Å². The molecule has 11 nitrogen and oxygen atoms in total. The molecule has 0 aliphatic heterocycles. The summed E-state index contributed by atoms with van der Waals surface area (Å²) in [7, 11) is 3.85. The van der Waals surface area contributed by atoms with Gasteiger partial charge in [-0.05, 0) is 43.3 Å². The van der Waals surface area contributed by atoms with Crippen molar-refractivity contribution in [2.45, 2.75) is 6.92 Å². The molecule has 1 aromatic carbocycles. The van der Waals surface area contributed by atoms with Gasteiger partial charge in [-0.15, -0.1) is 10.2 Å². The van der Waals surface area contributed by atoms with Gasteiger partial charge in [-0.1, -0.05) is 0 Å². The van der Waals surface area contributed by atoms with Gasteiger partial charge in [0.25, 0.3) is 5.91 Å². The van der Waals surface area contributed by atoms with Gasteiger partial charge in [0.15, 0.2) is 12.4 Å². The van der Waals surface area contributed by atoms with Crippen molar-refractivity contribution >= 4 is 28.9 Å². The van der Waals surface area contributed by atoms with Gasteiger partial charge in [-0.25, -0.2) is 14.6 Å². The lowest BCUT2D eigenvalue weighted by Gasteiger charge is -2.14. The Kier molecular flexibility index (Phi) is 6.39. The SMILES string of the molecule is Cc1nc(Nc2ccc(NC(=O)COc3ccc(-n4cccn4)nn3)cc2)cc(N(C)C)n1. The molecule has 1 amide bonds. The Morgan fingerprint density at radius 2 is 1.85 bits per heavy atom. The maximum Gasteiger partial charge on any atom is 0.262 e. The molecule has 0 radical (unpaired) electrons. The molecule has 4 aromatic rings. The smallest absolute Gasteiger partial charge is 0.262 e. The molecule has 168 valence electrons. The summed E-state index contributed by atoms with van der Waals surface area (Å²) in [6, 6.07) is 14.3. The number of hydrogen-bond acceptors (Lipinski definition) is 9. The summed E-state index contributed by atoms with van der Waals surface area (Å²) < 4.78 is 6.99. The Morgan fingerprint density at radius 3 is 2.52 bits per heavy atom. The van der Waals surface area contributed by atoms with E-state index in [0.717, 1.165) is 11.5 Å². The highest BCUT2D eigenvalue weighted by Gasteiger charge is 2.07. The van der Waals surface area contributed by atoms with Crippen molar-refractivity contribution in [3.8, 4) is 11.7 Å². The first-order chi connectivity index (χ1) is 16.0. The van der Waals surface area contributed by atoms with Gasteiger partial charge in [-0.2, -0.15) is 5.10 Å². The highest BCUT2D eigenvalue weighted by molar-refractivity contribution is 5.92. The highest BCUT2D eigenvalue weighted by atomic mass is 16.5. The van der Waals surface area contributed by atoms with Crippen LogP contribution in [0.2, 0.25) is 0 Å². The van der Waals surface area contributed by atoms with Crippen LogP contribution in [0, 0.1) is 6.92 Å². The van der Waals surface area contributed by atoms with Gasteiger partial charge < -0.3 is 20.3 Å². The van der Waals surface area contributed by atoms with E-state index in [0.29, 0.717) is 23.1 Å². The van der Waals surface area contributed by atoms with Crippen molar-refractivity contribution in [1.82, 2.24) is 29.9 Å². The maximum atomic E-state index is 12.2. The number of aromatic nitrogens is 6. The van der Waals surface area contributed by atoms with Crippen molar-refractivity contribution in [2.24, 2.45) is 0 Å². The van der Waals surface area contributed by atoms with Crippen LogP contribution in [0.15, 0.2) is 60.9 Å². The fourth-order valence-corrected chi connectivity index (χ4v) is 2.88. The molecule has 0 atom stereocenters. The average Bonchev–Trinajstić information content (AvgIpc) is 3.34. The van der Waals surface area contributed by atoms with Crippen LogP contribution in [0.4, 0.5) is 23.0 Å². The number of aryl methyl sites for hydroxylation is 1. The van der Waals surface area contributed by atoms with Gasteiger partial charge in [0.2, 0.25) is 5.88 Å². The molecular weight excluding hydrogens is 422 g/mol. The Labute approximate surface area is 190 Å². The number of ether oxygens (including phenoxy) is 1. The minimum atomic E-state index is -0.310. The van der Waals surface area contributed by atoms with Crippen LogP contribution >= 0.6 is 0 Å². The Balaban J connectivity index is 1.29. The van der Waals surface area contributed by atoms with E-state index < -0.39 is 0 Å². The average molecular weight is 445 g/mol. The van der Waals surface area contributed by atoms with Gasteiger partial charge in [0, 0.05) is 50.0 Å². The van der Waals surface area contributed by atoms with E-state index >= 15 is 0 Å². The molecule has 0 aliphatic rings. The van der Waals surface area contributed by atoms with Crippen molar-refractivity contribution < 1.29 is 9.53 Å². The van der Waals surface area contributed by atoms with E-state index in [1.54, 1.807) is 47.4 Å². The molecule has 0 fully saturated rings. The molecule has 4 rings (SSSR count). The van der Waals surface area contributed by atoms with Crippen molar-refractivity contribution in [3.05, 3.63) is 66.7 Å². The second kappa shape index (κ2) is 9.73. The van der Waals surface area contributed by atoms with E-state index in [2.05, 4.69) is 35.9 Å². The molecule has 3 heterocycles. The zero-order chi connectivity index (χ0) is 23.2. The van der Waals surface area contributed by atoms with Crippen LogP contribution in [0.5, 0.6) is 5.88 Å². The Bertz CT molecular complexity index is 1210. The van der Waals surface area contributed by atoms with E-state index in [1.165, 1.54) is 0 Å². The molecule has 11 heteroatoms. The van der Waals surface area contributed by atoms with E-state index in [9.17, 15) is 4.79 Å². The molecule has 33 heavy (non-hydrogen) atoms. The number of nitrogens with one attached hydrogen (secondary N) is 2. The van der Waals surface area contributed by atoms with Gasteiger partial charge in [0.1, 0.15) is 17.5 Å². The quantitative estimate of drug-likeness (QED) is 0.421. The topological polar surface area (TPSA) is 123 Å². The number of amides is 1. The van der Waals surface area contributed by atoms with E-state index in [-0.39, 0.29) is 18.4 Å². The fourth-order valence-electron chi connectivity index (χ4n) is 2.88. The third kappa shape index (κ3) is 5.79. The number of nitrogens with zero attached hydrogens (tertiary/aromatic N) is 7. The standard InChI is InChI=1S/C22H23N9O2/c1-15-24-18(13-20(25-15)30(2)3)26-16-5-7-17(8-6-16)27-21(32)14-33-22-10-9-19(28-29-22)31-12-4-11-23-31/h4-13H,14H2,1-3H3,(H,27,32)(H,24,25,26). The highest BCUT2D eigenvalue weighted by Crippen LogP contribution is 2.20. The number of rotatable bonds is 8. The molecule has 0 unspecified atom stereocenters. The van der Waals surface area contributed by atoms with Crippen molar-refractivity contribution in [2.75, 3.05) is 36.2 Å². The minimum absolute atomic E-state index is 0.191. The normalized spacial score (nSPS) is 10.5. The Hall–Kier alpha value is -4.54. The van der Waals surface area contributed by atoms with E-state index in [1.807, 2.05) is 44.1 Å². The third-order valence-corrected chi connectivity index (χ3v) is 4.44. The lowest BCUT2D eigenvalue weighted by atomic mass is 10.2. The Morgan fingerprint density at radius 1 is 1.06 bits per heavy atom. The fraction of sp³-hybridized carbons (Fsp3) is 0.182. The molecule has 0 saturated carbocycles. The molecule has 0 spiro atoms. The van der Waals surface area contributed by atoms with Gasteiger partial charge in [-0.3, -0.25) is 4.79 Å². The number of anilines is 4. The molecule has 2 N–H and O–H groups in total. The number of hydrogen-bond donors (Lipinski definition) is 2. The lowest BCUT2D eigenvalue weighted by Crippen LogP contribution is -2.20. The minimum Gasteiger partial charge on any atom is -0.466 e. The summed E-state index contributed by atoms with van der Waals surface area (Å²) in [6.07, 6.45) is 3.41. The predicted octanol–water partition coefficient (Wildman–Crippen LogP) is 2.59. The van der Waals surface area contributed by atoms with Gasteiger partial charge >= 0.3 is 0 Å². The summed E-state index contributed by atoms with van der Waals surface area (Å²) in [5, 5.41) is 18.1. The molecular formula is C22H23N9O2. The third-order valence-electron chi connectivity index (χ3n) is 4.44. The van der Waals surface area contributed by atoms with Crippen LogP contribution in [0.3, 0.4) is 0 Å². The summed E-state index contributed by atoms with van der Waals surface area (Å²) in [4.78, 5) is 22.9. The number of carbonyl (C=O) groups excluding carboxylic acids is 1. The number of carbonyl (C=O) groups is 1. The number of benzene rings is 1. The molecule has 0 bridgehead atoms. The largest absolute Gasteiger partial charge is 0.466 e. The van der Waals surface area contributed by atoms with Crippen LogP contribution in [-0.2, 0) is 4.79 Å². The van der Waals surface area contributed by atoms with Gasteiger partial charge in [0.05, 0.1) is 0 Å².